The summed E-state index contributed by atoms with van der Waals surface area (Å²) < 4.78 is 221. The van der Waals surface area contributed by atoms with Crippen molar-refractivity contribution >= 4 is 83.6 Å². The first kappa shape index (κ1) is 110. The van der Waals surface area contributed by atoms with Crippen LogP contribution < -0.4 is 0 Å². The number of hydrogen-bond acceptors (Lipinski definition) is 22. The van der Waals surface area contributed by atoms with Gasteiger partial charge < -0.3 is 68.5 Å². The van der Waals surface area contributed by atoms with Crippen LogP contribution in [0.1, 0.15) is 212 Å². The van der Waals surface area contributed by atoms with Crippen molar-refractivity contribution in [2.75, 3.05) is 14.2 Å². The number of aromatic carboxylic acids is 4. The Bertz CT molecular complexity index is 6420. The summed E-state index contributed by atoms with van der Waals surface area (Å²) in [4.78, 5) is 174. The van der Waals surface area contributed by atoms with E-state index in [-0.39, 0.29) is 94.8 Å². The summed E-state index contributed by atoms with van der Waals surface area (Å²) in [5.41, 5.74) is -21.2. The quantitative estimate of drug-likeness (QED) is 0.0105. The second kappa shape index (κ2) is 44.7. The van der Waals surface area contributed by atoms with Crippen molar-refractivity contribution in [1.29, 1.82) is 0 Å². The number of carboxylic acid groups (broad SMARTS) is 6. The van der Waals surface area contributed by atoms with Crippen molar-refractivity contribution in [3.8, 4) is 0 Å². The lowest BCUT2D eigenvalue weighted by atomic mass is 9.53. The van der Waals surface area contributed by atoms with Gasteiger partial charge >= 0.3 is 108 Å². The first-order valence-corrected chi connectivity index (χ1v) is 43.0. The van der Waals surface area contributed by atoms with Crippen LogP contribution in [0.5, 0.6) is 0 Å². The van der Waals surface area contributed by atoms with Crippen LogP contribution in [-0.4, -0.2) is 153 Å². The number of fused-ring (bicyclic) bond motifs is 2. The minimum absolute atomic E-state index is 0.0217. The van der Waals surface area contributed by atoms with E-state index in [1.165, 1.54) is 60.7 Å². The van der Waals surface area contributed by atoms with Crippen molar-refractivity contribution < 1.29 is 188 Å². The lowest BCUT2D eigenvalue weighted by Gasteiger charge is -2.48. The predicted octanol–water partition coefficient (Wildman–Crippen LogP) is 19.5. The van der Waals surface area contributed by atoms with Gasteiger partial charge in [-0.05, 0) is 150 Å². The van der Waals surface area contributed by atoms with E-state index >= 15 is 52.7 Å². The Labute approximate surface area is 810 Å². The highest BCUT2D eigenvalue weighted by molar-refractivity contribution is 6.06. The Morgan fingerprint density at radius 1 is 0.250 bits per heavy atom. The predicted molar refractivity (Wildman–Crippen MR) is 480 cm³/mol. The molecule has 756 valence electrons. The number of halogens is 12. The highest BCUT2D eigenvalue weighted by Gasteiger charge is 2.74. The van der Waals surface area contributed by atoms with Crippen LogP contribution >= 0.6 is 0 Å². The first-order valence-electron chi connectivity index (χ1n) is 43.0. The molecule has 0 amide bonds. The molecule has 10 aromatic carbocycles. The van der Waals surface area contributed by atoms with Gasteiger partial charge in [-0.2, -0.15) is 52.7 Å². The summed E-state index contributed by atoms with van der Waals surface area (Å²) in [5.74, 6) is -26.5. The molecule has 6 unspecified atom stereocenters. The molecule has 40 heteroatoms. The molecule has 1 fully saturated rings. The smallest absolute Gasteiger partial charge is 0.411 e. The number of methoxy groups -OCH3 is 2. The van der Waals surface area contributed by atoms with Gasteiger partial charge in [0.1, 0.15) is 39.6 Å². The number of carbonyl (C=O) groups excluding carboxylic acids is 8. The molecular weight excluding hydrogens is 1930 g/mol. The third-order valence-electron chi connectivity index (χ3n) is 23.7. The Morgan fingerprint density at radius 3 is 0.708 bits per heavy atom. The molecule has 6 N–H and O–H groups in total. The molecule has 0 saturated heterocycles. The van der Waals surface area contributed by atoms with Crippen molar-refractivity contribution in [3.05, 3.63) is 365 Å². The van der Waals surface area contributed by atoms with E-state index in [0.717, 1.165) is 36.5 Å². The number of rotatable bonds is 30. The largest absolute Gasteiger partial charge is 0.481 e. The number of benzene rings is 10. The molecule has 13 rings (SSSR count). The van der Waals surface area contributed by atoms with E-state index < -0.39 is 248 Å². The molecule has 144 heavy (non-hydrogen) atoms. The fourth-order valence-corrected chi connectivity index (χ4v) is 16.3. The van der Waals surface area contributed by atoms with Crippen molar-refractivity contribution in [2.24, 2.45) is 35.5 Å². The molecular formula is C104H88F12O28. The van der Waals surface area contributed by atoms with E-state index in [2.05, 4.69) is 9.47 Å². The minimum atomic E-state index is -6.34. The van der Waals surface area contributed by atoms with Gasteiger partial charge in [0.05, 0.1) is 93.5 Å². The third kappa shape index (κ3) is 24.4. The zero-order valence-electron chi connectivity index (χ0n) is 77.0. The zero-order valence-corrected chi connectivity index (χ0v) is 77.0. The molecule has 0 aliphatic heterocycles. The van der Waals surface area contributed by atoms with Crippen molar-refractivity contribution in [1.82, 2.24) is 0 Å². The van der Waals surface area contributed by atoms with Gasteiger partial charge in [0, 0.05) is 11.8 Å². The zero-order chi connectivity index (χ0) is 106. The Balaban J connectivity index is 0.000000228. The van der Waals surface area contributed by atoms with Crippen molar-refractivity contribution in [2.45, 2.75) is 128 Å². The minimum Gasteiger partial charge on any atom is -0.481 e. The molecule has 0 heterocycles. The number of allylic oxidation sites excluding steroid dienone is 2. The molecule has 6 atom stereocenters. The summed E-state index contributed by atoms with van der Waals surface area (Å²) in [6.07, 6.45) is -22.2. The molecule has 10 aromatic rings. The van der Waals surface area contributed by atoms with Gasteiger partial charge in [0.2, 0.25) is 10.8 Å². The number of hydrogen-bond donors (Lipinski definition) is 6. The molecule has 2 bridgehead atoms. The van der Waals surface area contributed by atoms with Crippen LogP contribution in [0, 0.1) is 35.5 Å². The van der Waals surface area contributed by atoms with Crippen LogP contribution in [0.3, 0.4) is 0 Å². The highest BCUT2D eigenvalue weighted by Crippen LogP contribution is 2.59. The normalized spacial score (nSPS) is 15.6. The maximum absolute atomic E-state index is 15.1. The topological polar surface area (TPSA) is 434 Å². The molecule has 3 aliphatic carbocycles. The lowest BCUT2D eigenvalue weighted by molar-refractivity contribution is -0.290. The standard InChI is InChI=1S/C41H38F6O8.C37H26F6O12.C26H24O8/c1-37(2,3)25-11-7-23(8-12-25)21-54-35(52)30-18-16-27(19-31(30)34(50)51)39(40(42,43)44,41(45,46)47)28-15-17-29(33(48)49)32(20-28)36(53)55-22-24-9-13-26(14-10-24)38(4,5)6;1-52-31(48)21-7-3-19(4-8-21)17-54-33(50)26-14-12-23(15-27(26)30(46)47)35(36(38,39)40,37(41,42)43)24-11-13-25(29(44)45)28(16-24)34(51)55-18-20-5-9-22(10-6-20)32(49)53-2;27-23(28)19-18-12-11-17(21(19)25(31)33-13-15-7-3-1-4-8-15)20(24(29)30)22(18)26(32)34-14-16-9-5-2-6-10-16/h7-20H,21-22H2,1-6H3,(H,48,49)(H,50,51);3-16H,17-18H2,1-2H3,(H,44,45)(H,46,47);1-12,17-22H,13-14H2,(H,27,28)(H,29,30). The SMILES string of the molecule is CC(C)(C)c1ccc(COC(=O)c2ccc(C(c3ccc(C(=O)O)c(C(=O)OCc4ccc(C(C)(C)C)cc4)c3)(C(F)(F)F)C(F)(F)F)cc2C(=O)O)cc1.COC(=O)c1ccc(COC(=O)c2ccc(C(c3ccc(C(=O)O)c(C(=O)OCc4ccc(C(=O)OC)cc4)c3)(C(F)(F)F)C(F)(F)F)cc2C(=O)O)cc1.O=C(O)C1C2C=CC(C(C(=O)O)C2C(=O)OCc2ccccc2)C1C(=O)OCc1ccccc1. The van der Waals surface area contributed by atoms with Crippen molar-refractivity contribution in [3.63, 3.8) is 0 Å². The molecule has 1 saturated carbocycles. The van der Waals surface area contributed by atoms with Gasteiger partial charge in [-0.3, -0.25) is 19.2 Å². The monoisotopic (exact) mass is 2010 g/mol. The van der Waals surface area contributed by atoms with E-state index in [1.807, 2.05) is 53.7 Å². The number of alkyl halides is 12. The van der Waals surface area contributed by atoms with Gasteiger partial charge in [0.15, 0.2) is 0 Å². The number of carbonyl (C=O) groups is 14. The van der Waals surface area contributed by atoms with E-state index in [0.29, 0.717) is 35.4 Å². The third-order valence-corrected chi connectivity index (χ3v) is 23.7. The number of carboxylic acids is 6. The Morgan fingerprint density at radius 2 is 0.472 bits per heavy atom. The van der Waals surface area contributed by atoms with Crippen LogP contribution in [0.25, 0.3) is 0 Å². The summed E-state index contributed by atoms with van der Waals surface area (Å²) in [5, 5.41) is 59.0. The Kier molecular flexibility index (Phi) is 34.0. The molecule has 0 spiro atoms. The highest BCUT2D eigenvalue weighted by atomic mass is 19.4. The maximum Gasteiger partial charge on any atom is 0.411 e. The molecule has 28 nitrogen and oxygen atoms in total. The summed E-state index contributed by atoms with van der Waals surface area (Å²) in [7, 11) is 2.26. The van der Waals surface area contributed by atoms with E-state index in [1.54, 1.807) is 97.1 Å². The van der Waals surface area contributed by atoms with Crippen LogP contribution in [0.2, 0.25) is 0 Å². The second-order valence-corrected chi connectivity index (χ2v) is 34.8. The first-order chi connectivity index (χ1) is 67.4. The van der Waals surface area contributed by atoms with E-state index in [9.17, 15) is 97.8 Å². The maximum atomic E-state index is 15.1. The summed E-state index contributed by atoms with van der Waals surface area (Å²) >= 11 is 0. The van der Waals surface area contributed by atoms with Crippen LogP contribution in [0.15, 0.2) is 243 Å². The summed E-state index contributed by atoms with van der Waals surface area (Å²) in [6.45, 7) is 9.52. The number of esters is 8. The van der Waals surface area contributed by atoms with Gasteiger partial charge in [0.25, 0.3) is 0 Å². The Hall–Kier alpha value is -16.3. The van der Waals surface area contributed by atoms with Crippen LogP contribution in [-0.2, 0) is 118 Å². The number of aliphatic carboxylic acids is 2. The summed E-state index contributed by atoms with van der Waals surface area (Å²) in [6, 6.07) is 44.3. The average molecular weight is 2010 g/mol. The van der Waals surface area contributed by atoms with Gasteiger partial charge in [-0.15, -0.1) is 0 Å². The average Bonchev–Trinajstić information content (AvgIpc) is 0.684. The second-order valence-electron chi connectivity index (χ2n) is 34.8. The molecule has 0 radical (unpaired) electrons. The molecule has 3 aliphatic rings. The fourth-order valence-electron chi connectivity index (χ4n) is 16.3. The lowest BCUT2D eigenvalue weighted by Crippen LogP contribution is -2.57. The van der Waals surface area contributed by atoms with Gasteiger partial charge in [-0.1, -0.05) is 211 Å². The van der Waals surface area contributed by atoms with Gasteiger partial charge in [-0.25, -0.2) is 47.9 Å². The number of ether oxygens (including phenoxy) is 8. The van der Waals surface area contributed by atoms with Crippen LogP contribution in [0.4, 0.5) is 52.7 Å². The van der Waals surface area contributed by atoms with E-state index in [4.69, 9.17) is 28.4 Å². The molecule has 0 aromatic heterocycles. The fraction of sp³-hybridized carbons (Fsp3) is 0.269.